The molecule has 8 nitrogen and oxygen atoms in total. The Balaban J connectivity index is 1.31. The van der Waals surface area contributed by atoms with Gasteiger partial charge >= 0.3 is 0 Å². The van der Waals surface area contributed by atoms with Crippen LogP contribution in [0.2, 0.25) is 0 Å². The van der Waals surface area contributed by atoms with E-state index in [-0.39, 0.29) is 12.5 Å². The number of hydrogen-bond donors (Lipinski definition) is 1. The van der Waals surface area contributed by atoms with Gasteiger partial charge in [-0.2, -0.15) is 9.61 Å². The van der Waals surface area contributed by atoms with Crippen molar-refractivity contribution in [1.29, 1.82) is 0 Å². The molecule has 0 atom stereocenters. The Morgan fingerprint density at radius 1 is 0.971 bits per heavy atom. The standard InChI is InChI=1S/C25H21N5O3S/c1-2-32-20-9-3-4-10-21(20)33-16-24(31)26-18-8-5-7-17(15-18)19-12-13-23-27-28-25(30(23)29-19)22-11-6-14-34-22/h3-15H,2,16H2,1H3,(H,26,31). The van der Waals surface area contributed by atoms with E-state index in [4.69, 9.17) is 14.6 Å². The van der Waals surface area contributed by atoms with Crippen molar-refractivity contribution in [2.24, 2.45) is 0 Å². The number of carbonyl (C=O) groups is 1. The summed E-state index contributed by atoms with van der Waals surface area (Å²) in [4.78, 5) is 13.5. The maximum atomic E-state index is 12.5. The lowest BCUT2D eigenvalue weighted by molar-refractivity contribution is -0.118. The highest BCUT2D eigenvalue weighted by molar-refractivity contribution is 7.13. The highest BCUT2D eigenvalue weighted by atomic mass is 32.1. The van der Waals surface area contributed by atoms with Gasteiger partial charge in [-0.1, -0.05) is 30.3 Å². The number of hydrogen-bond acceptors (Lipinski definition) is 7. The number of rotatable bonds is 8. The van der Waals surface area contributed by atoms with E-state index in [1.807, 2.05) is 79.0 Å². The molecule has 0 aliphatic heterocycles. The summed E-state index contributed by atoms with van der Waals surface area (Å²) < 4.78 is 12.9. The first kappa shape index (κ1) is 21.6. The summed E-state index contributed by atoms with van der Waals surface area (Å²) in [6.07, 6.45) is 0. The fourth-order valence-electron chi connectivity index (χ4n) is 3.44. The number of nitrogens with zero attached hydrogens (tertiary/aromatic N) is 4. The van der Waals surface area contributed by atoms with Crippen LogP contribution in [-0.2, 0) is 4.79 Å². The summed E-state index contributed by atoms with van der Waals surface area (Å²) in [5.74, 6) is 1.56. The van der Waals surface area contributed by atoms with Crippen LogP contribution in [0.25, 0.3) is 27.6 Å². The SMILES string of the molecule is CCOc1ccccc1OCC(=O)Nc1cccc(-c2ccc3nnc(-c4cccs4)n3n2)c1. The molecule has 0 aliphatic carbocycles. The maximum absolute atomic E-state index is 12.5. The van der Waals surface area contributed by atoms with Crippen molar-refractivity contribution in [2.75, 3.05) is 18.5 Å². The third kappa shape index (κ3) is 4.60. The van der Waals surface area contributed by atoms with Crippen molar-refractivity contribution in [3.63, 3.8) is 0 Å². The Hall–Kier alpha value is -4.24. The van der Waals surface area contributed by atoms with Gasteiger partial charge in [-0.3, -0.25) is 4.79 Å². The molecule has 0 fully saturated rings. The summed E-state index contributed by atoms with van der Waals surface area (Å²) in [6, 6.07) is 22.5. The second-order valence-electron chi connectivity index (χ2n) is 7.29. The summed E-state index contributed by atoms with van der Waals surface area (Å²) in [5.41, 5.74) is 2.91. The average molecular weight is 472 g/mol. The quantitative estimate of drug-likeness (QED) is 0.345. The predicted octanol–water partition coefficient (Wildman–Crippen LogP) is 4.94. The van der Waals surface area contributed by atoms with Gasteiger partial charge < -0.3 is 14.8 Å². The van der Waals surface area contributed by atoms with Crippen molar-refractivity contribution in [3.05, 3.63) is 78.2 Å². The van der Waals surface area contributed by atoms with Crippen LogP contribution in [0.1, 0.15) is 6.92 Å². The first-order chi connectivity index (χ1) is 16.7. The molecule has 0 radical (unpaired) electrons. The molecule has 5 rings (SSSR count). The molecule has 0 saturated heterocycles. The van der Waals surface area contributed by atoms with Crippen molar-refractivity contribution in [1.82, 2.24) is 19.8 Å². The Morgan fingerprint density at radius 3 is 2.62 bits per heavy atom. The number of benzene rings is 2. The Labute approximate surface area is 199 Å². The molecule has 2 aromatic carbocycles. The summed E-state index contributed by atoms with van der Waals surface area (Å²) in [7, 11) is 0. The van der Waals surface area contributed by atoms with Crippen LogP contribution >= 0.6 is 11.3 Å². The van der Waals surface area contributed by atoms with E-state index in [9.17, 15) is 4.79 Å². The Morgan fingerprint density at radius 2 is 1.82 bits per heavy atom. The molecular formula is C25H21N5O3S. The minimum Gasteiger partial charge on any atom is -0.490 e. The first-order valence-corrected chi connectivity index (χ1v) is 11.6. The zero-order chi connectivity index (χ0) is 23.3. The summed E-state index contributed by atoms with van der Waals surface area (Å²) >= 11 is 1.58. The molecule has 0 spiro atoms. The van der Waals surface area contributed by atoms with Crippen LogP contribution in [0.15, 0.2) is 78.2 Å². The van der Waals surface area contributed by atoms with Gasteiger partial charge in [0.15, 0.2) is 29.6 Å². The number of amides is 1. The minimum absolute atomic E-state index is 0.136. The van der Waals surface area contributed by atoms with Gasteiger partial charge in [-0.05, 0) is 54.8 Å². The lowest BCUT2D eigenvalue weighted by Gasteiger charge is -2.12. The molecule has 1 amide bonds. The fourth-order valence-corrected chi connectivity index (χ4v) is 4.14. The number of thiophene rings is 1. The van der Waals surface area contributed by atoms with Crippen molar-refractivity contribution in [3.8, 4) is 33.5 Å². The highest BCUT2D eigenvalue weighted by Crippen LogP contribution is 2.27. The largest absolute Gasteiger partial charge is 0.490 e. The van der Waals surface area contributed by atoms with Crippen molar-refractivity contribution < 1.29 is 14.3 Å². The molecule has 0 aliphatic rings. The molecule has 0 unspecified atom stereocenters. The monoisotopic (exact) mass is 471 g/mol. The van der Waals surface area contributed by atoms with Crippen LogP contribution in [0.5, 0.6) is 11.5 Å². The van der Waals surface area contributed by atoms with E-state index in [0.717, 1.165) is 16.1 Å². The van der Waals surface area contributed by atoms with Gasteiger partial charge in [-0.25, -0.2) is 0 Å². The first-order valence-electron chi connectivity index (χ1n) is 10.7. The topological polar surface area (TPSA) is 90.6 Å². The average Bonchev–Trinajstić information content (AvgIpc) is 3.53. The van der Waals surface area contributed by atoms with Crippen molar-refractivity contribution >= 4 is 28.6 Å². The lowest BCUT2D eigenvalue weighted by Crippen LogP contribution is -2.20. The number of nitrogens with one attached hydrogen (secondary N) is 1. The van der Waals surface area contributed by atoms with Crippen LogP contribution in [-0.4, -0.2) is 38.9 Å². The lowest BCUT2D eigenvalue weighted by atomic mass is 10.1. The van der Waals surface area contributed by atoms with Gasteiger partial charge in [0.2, 0.25) is 0 Å². The minimum atomic E-state index is -0.273. The van der Waals surface area contributed by atoms with Crippen LogP contribution in [0.4, 0.5) is 5.69 Å². The summed E-state index contributed by atoms with van der Waals surface area (Å²) in [5, 5.41) is 18.1. The van der Waals surface area contributed by atoms with Gasteiger partial charge in [0.05, 0.1) is 17.2 Å². The van der Waals surface area contributed by atoms with Crippen LogP contribution < -0.4 is 14.8 Å². The Kier molecular flexibility index (Phi) is 6.17. The van der Waals surface area contributed by atoms with Gasteiger partial charge in [-0.15, -0.1) is 21.5 Å². The molecular weight excluding hydrogens is 450 g/mol. The molecule has 170 valence electrons. The van der Waals surface area contributed by atoms with Gasteiger partial charge in [0.1, 0.15) is 0 Å². The van der Waals surface area contributed by atoms with E-state index >= 15 is 0 Å². The van der Waals surface area contributed by atoms with Crippen LogP contribution in [0, 0.1) is 0 Å². The third-order valence-corrected chi connectivity index (χ3v) is 5.82. The molecule has 1 N–H and O–H groups in total. The molecule has 34 heavy (non-hydrogen) atoms. The van der Waals surface area contributed by atoms with E-state index in [0.29, 0.717) is 35.3 Å². The van der Waals surface area contributed by atoms with Gasteiger partial charge in [0.25, 0.3) is 5.91 Å². The zero-order valence-corrected chi connectivity index (χ0v) is 19.2. The van der Waals surface area contributed by atoms with E-state index in [2.05, 4.69) is 15.5 Å². The number of aromatic nitrogens is 4. The molecule has 0 bridgehead atoms. The highest BCUT2D eigenvalue weighted by Gasteiger charge is 2.12. The number of fused-ring (bicyclic) bond motifs is 1. The second kappa shape index (κ2) is 9.72. The number of para-hydroxylation sites is 2. The van der Waals surface area contributed by atoms with Crippen molar-refractivity contribution in [2.45, 2.75) is 6.92 Å². The van der Waals surface area contributed by atoms with E-state index in [1.165, 1.54) is 0 Å². The van der Waals surface area contributed by atoms with E-state index in [1.54, 1.807) is 21.9 Å². The van der Waals surface area contributed by atoms with Gasteiger partial charge in [0, 0.05) is 11.3 Å². The fraction of sp³-hybridized carbons (Fsp3) is 0.120. The Bertz CT molecular complexity index is 1430. The number of ether oxygens (including phenoxy) is 2. The smallest absolute Gasteiger partial charge is 0.262 e. The van der Waals surface area contributed by atoms with E-state index < -0.39 is 0 Å². The molecule has 3 aromatic heterocycles. The molecule has 9 heteroatoms. The third-order valence-electron chi connectivity index (χ3n) is 4.95. The predicted molar refractivity (Wildman–Crippen MR) is 131 cm³/mol. The normalized spacial score (nSPS) is 10.9. The number of anilines is 1. The molecule has 3 heterocycles. The summed E-state index contributed by atoms with van der Waals surface area (Å²) in [6.45, 7) is 2.28. The molecule has 0 saturated carbocycles. The second-order valence-corrected chi connectivity index (χ2v) is 8.23. The van der Waals surface area contributed by atoms with Crippen LogP contribution in [0.3, 0.4) is 0 Å². The number of carbonyl (C=O) groups excluding carboxylic acids is 1. The zero-order valence-electron chi connectivity index (χ0n) is 18.3. The molecule has 5 aromatic rings. The maximum Gasteiger partial charge on any atom is 0.262 e.